The van der Waals surface area contributed by atoms with Crippen LogP contribution in [0.15, 0.2) is 35.6 Å². The second-order valence-corrected chi connectivity index (χ2v) is 7.57. The Balaban J connectivity index is 2.34. The highest BCUT2D eigenvalue weighted by Gasteiger charge is 2.42. The predicted molar refractivity (Wildman–Crippen MR) is 99.9 cm³/mol. The van der Waals surface area contributed by atoms with Gasteiger partial charge in [-0.25, -0.2) is 0 Å². The Bertz CT molecular complexity index is 702. The van der Waals surface area contributed by atoms with E-state index in [0.29, 0.717) is 19.6 Å². The number of carbonyl (C=O) groups excluding carboxylic acids is 2. The lowest BCUT2D eigenvalue weighted by Crippen LogP contribution is -2.37. The molecule has 6 heteroatoms. The molecule has 1 aromatic rings. The van der Waals surface area contributed by atoms with Crippen LogP contribution in [0.2, 0.25) is 0 Å². The van der Waals surface area contributed by atoms with Gasteiger partial charge in [-0.05, 0) is 23.5 Å². The molecule has 1 atom stereocenters. The van der Waals surface area contributed by atoms with Crippen LogP contribution < -0.4 is 5.32 Å². The molecule has 0 aliphatic carbocycles. The largest absolute Gasteiger partial charge is 0.503 e. The van der Waals surface area contributed by atoms with Crippen molar-refractivity contribution in [1.82, 2.24) is 10.2 Å². The van der Waals surface area contributed by atoms with Gasteiger partial charge in [0.05, 0.1) is 18.2 Å². The monoisotopic (exact) mass is 360 g/mol. The quantitative estimate of drug-likeness (QED) is 0.646. The zero-order valence-corrected chi connectivity index (χ0v) is 15.9. The van der Waals surface area contributed by atoms with Gasteiger partial charge in [0.2, 0.25) is 0 Å². The van der Waals surface area contributed by atoms with Gasteiger partial charge in [0.25, 0.3) is 5.91 Å². The summed E-state index contributed by atoms with van der Waals surface area (Å²) in [7, 11) is 0. The van der Waals surface area contributed by atoms with Crippen LogP contribution >= 0.6 is 0 Å². The van der Waals surface area contributed by atoms with Crippen molar-refractivity contribution >= 4 is 11.7 Å². The number of rotatable bonds is 7. The Morgan fingerprint density at radius 2 is 1.81 bits per heavy atom. The van der Waals surface area contributed by atoms with Gasteiger partial charge in [-0.3, -0.25) is 9.59 Å². The summed E-state index contributed by atoms with van der Waals surface area (Å²) in [4.78, 5) is 26.1. The fraction of sp³-hybridized carbons (Fsp3) is 0.500. The molecule has 0 fully saturated rings. The first kappa shape index (κ1) is 20.1. The van der Waals surface area contributed by atoms with Gasteiger partial charge in [0.1, 0.15) is 0 Å². The van der Waals surface area contributed by atoms with E-state index in [1.54, 1.807) is 0 Å². The topological polar surface area (TPSA) is 89.9 Å². The third-order valence-corrected chi connectivity index (χ3v) is 4.59. The molecule has 1 aliphatic rings. The Morgan fingerprint density at radius 1 is 1.19 bits per heavy atom. The number of hydrogen-bond acceptors (Lipinski definition) is 5. The third kappa shape index (κ3) is 4.14. The van der Waals surface area contributed by atoms with E-state index in [1.165, 1.54) is 11.8 Å². The number of nitrogens with zero attached hydrogens (tertiary/aromatic N) is 1. The summed E-state index contributed by atoms with van der Waals surface area (Å²) in [6.45, 7) is 8.93. The van der Waals surface area contributed by atoms with E-state index in [-0.39, 0.29) is 23.4 Å². The zero-order chi connectivity index (χ0) is 19.5. The highest BCUT2D eigenvalue weighted by atomic mass is 16.3. The maximum Gasteiger partial charge on any atom is 0.290 e. The molecule has 2 rings (SSSR count). The van der Waals surface area contributed by atoms with Gasteiger partial charge in [0, 0.05) is 19.6 Å². The van der Waals surface area contributed by atoms with Crippen LogP contribution in [-0.4, -0.2) is 53.0 Å². The number of hydrogen-bond donors (Lipinski definition) is 3. The summed E-state index contributed by atoms with van der Waals surface area (Å²) in [5, 5.41) is 22.1. The van der Waals surface area contributed by atoms with Gasteiger partial charge < -0.3 is 20.4 Å². The van der Waals surface area contributed by atoms with Crippen molar-refractivity contribution < 1.29 is 19.8 Å². The van der Waals surface area contributed by atoms with Crippen molar-refractivity contribution in [3.8, 4) is 0 Å². The number of aliphatic hydroxyl groups is 2. The molecule has 26 heavy (non-hydrogen) atoms. The lowest BCUT2D eigenvalue weighted by atomic mass is 9.85. The minimum atomic E-state index is -0.593. The van der Waals surface area contributed by atoms with Gasteiger partial charge in [-0.1, -0.05) is 45.0 Å². The number of nitrogens with one attached hydrogen (secondary N) is 1. The summed E-state index contributed by atoms with van der Waals surface area (Å²) in [6.07, 6.45) is 0. The lowest BCUT2D eigenvalue weighted by Gasteiger charge is -2.27. The Morgan fingerprint density at radius 3 is 2.31 bits per heavy atom. The number of ketones is 1. The lowest BCUT2D eigenvalue weighted by molar-refractivity contribution is -0.129. The fourth-order valence-electron chi connectivity index (χ4n) is 3.16. The standard InChI is InChI=1S/C20H28N2O4/c1-13(24)16-17(14-5-7-15(8-6-14)20(2,3)4)22(19(26)18(16)25)11-9-21-10-12-23/h5-8,17,21,23,25H,9-12H2,1-4H3/t17-/m0/s1. The molecular formula is C20H28N2O4. The zero-order valence-electron chi connectivity index (χ0n) is 15.9. The second kappa shape index (κ2) is 8.01. The molecule has 0 spiro atoms. The minimum Gasteiger partial charge on any atom is -0.503 e. The van der Waals surface area contributed by atoms with Crippen LogP contribution in [0.25, 0.3) is 0 Å². The predicted octanol–water partition coefficient (Wildman–Crippen LogP) is 1.85. The summed E-state index contributed by atoms with van der Waals surface area (Å²) >= 11 is 0. The average molecular weight is 360 g/mol. The van der Waals surface area contributed by atoms with Crippen molar-refractivity contribution in [1.29, 1.82) is 0 Å². The molecular weight excluding hydrogens is 332 g/mol. The Kier molecular flexibility index (Phi) is 6.21. The van der Waals surface area contributed by atoms with E-state index in [4.69, 9.17) is 5.11 Å². The summed E-state index contributed by atoms with van der Waals surface area (Å²) in [5.74, 6) is -1.32. The molecule has 1 amide bonds. The van der Waals surface area contributed by atoms with E-state index in [0.717, 1.165) is 11.1 Å². The first-order chi connectivity index (χ1) is 12.2. The van der Waals surface area contributed by atoms with Crippen LogP contribution in [0.3, 0.4) is 0 Å². The summed E-state index contributed by atoms with van der Waals surface area (Å²) in [5.41, 5.74) is 2.09. The highest BCUT2D eigenvalue weighted by Crippen LogP contribution is 2.38. The van der Waals surface area contributed by atoms with Crippen LogP contribution in [0.1, 0.15) is 44.9 Å². The maximum absolute atomic E-state index is 12.5. The van der Waals surface area contributed by atoms with Crippen LogP contribution in [0.4, 0.5) is 0 Å². The SMILES string of the molecule is CC(=O)C1=C(O)C(=O)N(CCNCCO)[C@H]1c1ccc(C(C)(C)C)cc1. The van der Waals surface area contributed by atoms with E-state index in [9.17, 15) is 14.7 Å². The number of aliphatic hydroxyl groups excluding tert-OH is 2. The number of amides is 1. The van der Waals surface area contributed by atoms with Gasteiger partial charge in [-0.15, -0.1) is 0 Å². The molecule has 3 N–H and O–H groups in total. The summed E-state index contributed by atoms with van der Waals surface area (Å²) < 4.78 is 0. The second-order valence-electron chi connectivity index (χ2n) is 7.57. The number of Topliss-reactive ketones (excluding diaryl/α,β-unsaturated/α-hetero) is 1. The summed E-state index contributed by atoms with van der Waals surface area (Å²) in [6, 6.07) is 7.22. The number of benzene rings is 1. The van der Waals surface area contributed by atoms with E-state index >= 15 is 0 Å². The van der Waals surface area contributed by atoms with E-state index in [2.05, 4.69) is 26.1 Å². The number of carbonyl (C=O) groups is 2. The first-order valence-electron chi connectivity index (χ1n) is 8.85. The average Bonchev–Trinajstić information content (AvgIpc) is 2.83. The molecule has 1 heterocycles. The van der Waals surface area contributed by atoms with E-state index in [1.807, 2.05) is 24.3 Å². The molecule has 142 valence electrons. The van der Waals surface area contributed by atoms with Crippen molar-refractivity contribution in [3.05, 3.63) is 46.7 Å². The molecule has 0 aromatic heterocycles. The first-order valence-corrected chi connectivity index (χ1v) is 8.85. The molecule has 0 saturated carbocycles. The van der Waals surface area contributed by atoms with Crippen molar-refractivity contribution in [2.45, 2.75) is 39.2 Å². The molecule has 6 nitrogen and oxygen atoms in total. The van der Waals surface area contributed by atoms with Crippen LogP contribution in [0, 0.1) is 0 Å². The Hall–Kier alpha value is -2.18. The molecule has 0 radical (unpaired) electrons. The van der Waals surface area contributed by atoms with E-state index < -0.39 is 17.7 Å². The smallest absolute Gasteiger partial charge is 0.290 e. The van der Waals surface area contributed by atoms with Crippen LogP contribution in [-0.2, 0) is 15.0 Å². The third-order valence-electron chi connectivity index (χ3n) is 4.59. The molecule has 0 saturated heterocycles. The van der Waals surface area contributed by atoms with Gasteiger partial charge >= 0.3 is 0 Å². The minimum absolute atomic E-state index is 0.000684. The molecule has 1 aromatic carbocycles. The van der Waals surface area contributed by atoms with Crippen LogP contribution in [0.5, 0.6) is 0 Å². The van der Waals surface area contributed by atoms with Crippen molar-refractivity contribution in [3.63, 3.8) is 0 Å². The van der Waals surface area contributed by atoms with Gasteiger partial charge in [0.15, 0.2) is 11.5 Å². The Labute approximate surface area is 154 Å². The molecule has 0 unspecified atom stereocenters. The maximum atomic E-state index is 12.5. The van der Waals surface area contributed by atoms with Crippen molar-refractivity contribution in [2.75, 3.05) is 26.2 Å². The fourth-order valence-corrected chi connectivity index (χ4v) is 3.16. The highest BCUT2D eigenvalue weighted by molar-refractivity contribution is 6.08. The molecule has 0 bridgehead atoms. The van der Waals surface area contributed by atoms with Crippen molar-refractivity contribution in [2.24, 2.45) is 0 Å². The van der Waals surface area contributed by atoms with Gasteiger partial charge in [-0.2, -0.15) is 0 Å². The normalized spacial score (nSPS) is 18.0. The molecule has 1 aliphatic heterocycles.